The summed E-state index contributed by atoms with van der Waals surface area (Å²) in [6.07, 6.45) is 1.58. The number of amides is 1. The Morgan fingerprint density at radius 3 is 2.67 bits per heavy atom. The zero-order chi connectivity index (χ0) is 20.5. The first-order chi connectivity index (χ1) is 14.7. The van der Waals surface area contributed by atoms with Gasteiger partial charge in [0.05, 0.1) is 31.1 Å². The zero-order valence-corrected chi connectivity index (χ0v) is 16.3. The van der Waals surface area contributed by atoms with Crippen molar-refractivity contribution < 1.29 is 13.9 Å². The number of ether oxygens (including phenoxy) is 1. The number of methoxy groups -OCH3 is 1. The summed E-state index contributed by atoms with van der Waals surface area (Å²) in [5.41, 5.74) is 3.85. The summed E-state index contributed by atoms with van der Waals surface area (Å²) >= 11 is 0. The van der Waals surface area contributed by atoms with Crippen molar-refractivity contribution in [1.82, 2.24) is 15.3 Å². The highest BCUT2D eigenvalue weighted by molar-refractivity contribution is 6.13. The van der Waals surface area contributed by atoms with Crippen molar-refractivity contribution >= 4 is 27.7 Å². The van der Waals surface area contributed by atoms with Crippen molar-refractivity contribution in [1.29, 1.82) is 0 Å². The molecule has 3 aromatic heterocycles. The first-order valence-electron chi connectivity index (χ1n) is 9.59. The van der Waals surface area contributed by atoms with E-state index in [0.717, 1.165) is 38.8 Å². The van der Waals surface area contributed by atoms with Crippen LogP contribution < -0.4 is 10.1 Å². The summed E-state index contributed by atoms with van der Waals surface area (Å²) in [5, 5.41) is 4.88. The second kappa shape index (κ2) is 7.40. The fourth-order valence-corrected chi connectivity index (χ4v) is 3.59. The van der Waals surface area contributed by atoms with Crippen LogP contribution in [0.15, 0.2) is 77.4 Å². The number of carbonyl (C=O) groups excluding carboxylic acids is 1. The van der Waals surface area contributed by atoms with Gasteiger partial charge in [0.15, 0.2) is 0 Å². The number of pyridine rings is 1. The van der Waals surface area contributed by atoms with Crippen LogP contribution in [-0.2, 0) is 6.54 Å². The minimum atomic E-state index is -0.256. The van der Waals surface area contributed by atoms with Crippen molar-refractivity contribution in [2.45, 2.75) is 6.54 Å². The molecule has 0 saturated carbocycles. The number of aromatic amines is 1. The number of rotatable bonds is 5. The molecule has 2 N–H and O–H groups in total. The molecule has 30 heavy (non-hydrogen) atoms. The highest BCUT2D eigenvalue weighted by Crippen LogP contribution is 2.33. The van der Waals surface area contributed by atoms with E-state index in [1.165, 1.54) is 0 Å². The van der Waals surface area contributed by atoms with E-state index in [-0.39, 0.29) is 5.91 Å². The molecule has 0 aliphatic rings. The quantitative estimate of drug-likeness (QED) is 0.441. The van der Waals surface area contributed by atoms with Gasteiger partial charge < -0.3 is 19.5 Å². The molecule has 3 heterocycles. The number of hydrogen-bond donors (Lipinski definition) is 2. The van der Waals surface area contributed by atoms with E-state index in [1.807, 2.05) is 60.7 Å². The Kier molecular flexibility index (Phi) is 4.44. The Hall–Kier alpha value is -4.06. The van der Waals surface area contributed by atoms with Gasteiger partial charge in [-0.15, -0.1) is 0 Å². The monoisotopic (exact) mass is 397 g/mol. The Bertz CT molecular complexity index is 1340. The van der Waals surface area contributed by atoms with Gasteiger partial charge in [-0.25, -0.2) is 4.98 Å². The van der Waals surface area contributed by atoms with E-state index in [4.69, 9.17) is 14.1 Å². The lowest BCUT2D eigenvalue weighted by Gasteiger charge is -2.09. The highest BCUT2D eigenvalue weighted by Gasteiger charge is 2.17. The smallest absolute Gasteiger partial charge is 0.270 e. The van der Waals surface area contributed by atoms with Gasteiger partial charge in [0.25, 0.3) is 5.91 Å². The summed E-state index contributed by atoms with van der Waals surface area (Å²) in [4.78, 5) is 21.0. The fraction of sp³-hybridized carbons (Fsp3) is 0.0833. The number of carbonyl (C=O) groups is 1. The number of nitrogens with one attached hydrogen (secondary N) is 2. The maximum atomic E-state index is 12.9. The Morgan fingerprint density at radius 1 is 1.07 bits per heavy atom. The van der Waals surface area contributed by atoms with E-state index >= 15 is 0 Å². The number of nitrogens with zero attached hydrogens (tertiary/aromatic N) is 1. The minimum absolute atomic E-state index is 0.256. The van der Waals surface area contributed by atoms with Crippen molar-refractivity contribution in [3.8, 4) is 17.0 Å². The Morgan fingerprint density at radius 2 is 1.90 bits per heavy atom. The molecule has 0 fully saturated rings. The van der Waals surface area contributed by atoms with Gasteiger partial charge in [0.2, 0.25) is 0 Å². The largest absolute Gasteiger partial charge is 0.497 e. The van der Waals surface area contributed by atoms with E-state index in [0.29, 0.717) is 18.0 Å². The number of H-pyrrole nitrogens is 1. The number of fused-ring (bicyclic) bond motifs is 3. The van der Waals surface area contributed by atoms with E-state index in [2.05, 4.69) is 10.3 Å². The molecule has 0 atom stereocenters. The van der Waals surface area contributed by atoms with E-state index < -0.39 is 0 Å². The molecular formula is C24H19N3O3. The molecule has 6 heteroatoms. The Balaban J connectivity index is 1.63. The van der Waals surface area contributed by atoms with Crippen LogP contribution in [0.4, 0.5) is 0 Å². The summed E-state index contributed by atoms with van der Waals surface area (Å²) < 4.78 is 10.6. The SMILES string of the molecule is COc1ccc(-c2nc(C(=O)NCc3ccco3)cc3c2[nH]c2ccccc23)cc1. The van der Waals surface area contributed by atoms with Crippen LogP contribution in [0.5, 0.6) is 5.75 Å². The molecular weight excluding hydrogens is 378 g/mol. The molecule has 0 unspecified atom stereocenters. The van der Waals surface area contributed by atoms with Crippen LogP contribution in [0, 0.1) is 0 Å². The normalized spacial score (nSPS) is 11.1. The summed E-state index contributed by atoms with van der Waals surface area (Å²) in [5.74, 6) is 1.19. The third-order valence-electron chi connectivity index (χ3n) is 5.10. The van der Waals surface area contributed by atoms with E-state index in [9.17, 15) is 4.79 Å². The molecule has 0 radical (unpaired) electrons. The van der Waals surface area contributed by atoms with Crippen molar-refractivity contribution in [3.63, 3.8) is 0 Å². The lowest BCUT2D eigenvalue weighted by molar-refractivity contribution is 0.0943. The van der Waals surface area contributed by atoms with Crippen molar-refractivity contribution in [2.75, 3.05) is 7.11 Å². The molecule has 0 spiro atoms. The zero-order valence-electron chi connectivity index (χ0n) is 16.3. The Labute approximate surface area is 172 Å². The fourth-order valence-electron chi connectivity index (χ4n) is 3.59. The lowest BCUT2D eigenvalue weighted by atomic mass is 10.1. The second-order valence-electron chi connectivity index (χ2n) is 6.94. The average molecular weight is 397 g/mol. The summed E-state index contributed by atoms with van der Waals surface area (Å²) in [7, 11) is 1.63. The van der Waals surface area contributed by atoms with Crippen molar-refractivity contribution in [3.05, 3.63) is 84.4 Å². The van der Waals surface area contributed by atoms with Crippen LogP contribution in [0.3, 0.4) is 0 Å². The standard InChI is InChI=1S/C24H19N3O3/c1-29-16-10-8-15(9-11-16)22-23-19(18-6-2-3-7-20(18)26-23)13-21(27-22)24(28)25-14-17-5-4-12-30-17/h2-13,26H,14H2,1H3,(H,25,28). The van der Waals surface area contributed by atoms with Gasteiger partial charge in [-0.05, 0) is 48.5 Å². The summed E-state index contributed by atoms with van der Waals surface area (Å²) in [6, 6.07) is 21.1. The van der Waals surface area contributed by atoms with Crippen molar-refractivity contribution in [2.24, 2.45) is 0 Å². The van der Waals surface area contributed by atoms with Crippen LogP contribution in [0.1, 0.15) is 16.2 Å². The van der Waals surface area contributed by atoms with Gasteiger partial charge in [-0.3, -0.25) is 4.79 Å². The number of benzene rings is 2. The summed E-state index contributed by atoms with van der Waals surface area (Å²) in [6.45, 7) is 0.303. The number of para-hydroxylation sites is 1. The first kappa shape index (κ1) is 18.0. The van der Waals surface area contributed by atoms with Gasteiger partial charge >= 0.3 is 0 Å². The first-order valence-corrected chi connectivity index (χ1v) is 9.59. The molecule has 0 bridgehead atoms. The predicted octanol–water partition coefficient (Wildman–Crippen LogP) is 4.91. The maximum absolute atomic E-state index is 12.9. The lowest BCUT2D eigenvalue weighted by Crippen LogP contribution is -2.23. The second-order valence-corrected chi connectivity index (χ2v) is 6.94. The molecule has 5 aromatic rings. The molecule has 1 amide bonds. The van der Waals surface area contributed by atoms with Crippen LogP contribution in [0.2, 0.25) is 0 Å². The predicted molar refractivity (Wildman–Crippen MR) is 115 cm³/mol. The van der Waals surface area contributed by atoms with Gasteiger partial charge in [-0.1, -0.05) is 18.2 Å². The minimum Gasteiger partial charge on any atom is -0.497 e. The molecule has 0 aliphatic heterocycles. The topological polar surface area (TPSA) is 80.2 Å². The maximum Gasteiger partial charge on any atom is 0.270 e. The molecule has 0 saturated heterocycles. The molecule has 2 aromatic carbocycles. The molecule has 6 nitrogen and oxygen atoms in total. The van der Waals surface area contributed by atoms with Crippen LogP contribution >= 0.6 is 0 Å². The van der Waals surface area contributed by atoms with Crippen LogP contribution in [0.25, 0.3) is 33.1 Å². The number of aromatic nitrogens is 2. The highest BCUT2D eigenvalue weighted by atomic mass is 16.5. The molecule has 5 rings (SSSR count). The molecule has 0 aliphatic carbocycles. The van der Waals surface area contributed by atoms with Gasteiger partial charge in [0, 0.05) is 21.9 Å². The van der Waals surface area contributed by atoms with E-state index in [1.54, 1.807) is 19.4 Å². The van der Waals surface area contributed by atoms with Gasteiger partial charge in [0.1, 0.15) is 17.2 Å². The average Bonchev–Trinajstić information content (AvgIpc) is 3.44. The number of furan rings is 1. The van der Waals surface area contributed by atoms with Crippen LogP contribution in [-0.4, -0.2) is 23.0 Å². The van der Waals surface area contributed by atoms with Gasteiger partial charge in [-0.2, -0.15) is 0 Å². The third kappa shape index (κ3) is 3.18. The number of hydrogen-bond acceptors (Lipinski definition) is 4. The molecule has 148 valence electrons. The third-order valence-corrected chi connectivity index (χ3v) is 5.10.